The van der Waals surface area contributed by atoms with E-state index in [9.17, 15) is 18.0 Å². The van der Waals surface area contributed by atoms with Crippen molar-refractivity contribution >= 4 is 5.91 Å². The molecule has 3 N–H and O–H groups in total. The van der Waals surface area contributed by atoms with Crippen molar-refractivity contribution in [3.05, 3.63) is 23.8 Å². The van der Waals surface area contributed by atoms with Crippen LogP contribution in [-0.4, -0.2) is 17.4 Å². The molecule has 1 aromatic carbocycles. The van der Waals surface area contributed by atoms with Crippen LogP contribution in [0.5, 0.6) is 11.5 Å². The Bertz CT molecular complexity index is 389. The number of hydrogen-bond donors (Lipinski definition) is 2. The molecule has 4 nitrogen and oxygen atoms in total. The van der Waals surface area contributed by atoms with Crippen LogP contribution in [0.25, 0.3) is 0 Å². The minimum atomic E-state index is -4.89. The Balaban J connectivity index is 3.04. The van der Waals surface area contributed by atoms with Crippen LogP contribution in [-0.2, 0) is 0 Å². The van der Waals surface area contributed by atoms with Gasteiger partial charge in [-0.2, -0.15) is 0 Å². The minimum Gasteiger partial charge on any atom is -0.508 e. The Kier molecular flexibility index (Phi) is 2.74. The van der Waals surface area contributed by atoms with Crippen molar-refractivity contribution in [1.29, 1.82) is 0 Å². The number of halogens is 3. The molecule has 0 bridgehead atoms. The summed E-state index contributed by atoms with van der Waals surface area (Å²) in [5, 5.41) is 8.98. The zero-order valence-corrected chi connectivity index (χ0v) is 7.21. The van der Waals surface area contributed by atoms with Gasteiger partial charge >= 0.3 is 6.36 Å². The number of phenolic OH excluding ortho intramolecular Hbond substituents is 1. The van der Waals surface area contributed by atoms with Crippen molar-refractivity contribution in [3.8, 4) is 11.5 Å². The molecule has 1 aromatic rings. The van der Waals surface area contributed by atoms with Crippen molar-refractivity contribution < 1.29 is 27.8 Å². The second-order valence-electron chi connectivity index (χ2n) is 2.63. The number of rotatable bonds is 2. The molecule has 0 spiro atoms. The first-order valence-corrected chi connectivity index (χ1v) is 3.67. The molecule has 0 radical (unpaired) electrons. The standard InChI is InChI=1S/C8H6F3NO3/c9-8(10,11)15-6-2-4(7(12)14)1-5(13)3-6/h1-3,13H,(H2,12,14). The van der Waals surface area contributed by atoms with Crippen molar-refractivity contribution in [2.75, 3.05) is 0 Å². The van der Waals surface area contributed by atoms with Crippen molar-refractivity contribution in [2.45, 2.75) is 6.36 Å². The molecule has 0 aliphatic rings. The first-order valence-electron chi connectivity index (χ1n) is 3.67. The van der Waals surface area contributed by atoms with Crippen LogP contribution in [0.3, 0.4) is 0 Å². The number of phenols is 1. The summed E-state index contributed by atoms with van der Waals surface area (Å²) >= 11 is 0. The van der Waals surface area contributed by atoms with E-state index in [-0.39, 0.29) is 5.56 Å². The highest BCUT2D eigenvalue weighted by molar-refractivity contribution is 5.93. The van der Waals surface area contributed by atoms with Gasteiger partial charge in [0.2, 0.25) is 5.91 Å². The van der Waals surface area contributed by atoms with Crippen LogP contribution in [0.15, 0.2) is 18.2 Å². The van der Waals surface area contributed by atoms with E-state index >= 15 is 0 Å². The molecule has 0 unspecified atom stereocenters. The van der Waals surface area contributed by atoms with E-state index < -0.39 is 23.8 Å². The highest BCUT2D eigenvalue weighted by Crippen LogP contribution is 2.27. The smallest absolute Gasteiger partial charge is 0.508 e. The molecule has 1 rings (SSSR count). The van der Waals surface area contributed by atoms with Gasteiger partial charge in [-0.05, 0) is 12.1 Å². The summed E-state index contributed by atoms with van der Waals surface area (Å²) in [6, 6.07) is 2.45. The zero-order chi connectivity index (χ0) is 11.6. The Morgan fingerprint density at radius 3 is 2.40 bits per heavy atom. The van der Waals surface area contributed by atoms with Gasteiger partial charge in [0, 0.05) is 11.6 Å². The summed E-state index contributed by atoms with van der Waals surface area (Å²) in [6.07, 6.45) is -4.89. The van der Waals surface area contributed by atoms with Crippen molar-refractivity contribution in [2.24, 2.45) is 5.73 Å². The van der Waals surface area contributed by atoms with Gasteiger partial charge in [0.15, 0.2) is 0 Å². The predicted molar refractivity (Wildman–Crippen MR) is 43.3 cm³/mol. The fraction of sp³-hybridized carbons (Fsp3) is 0.125. The number of hydrogen-bond acceptors (Lipinski definition) is 3. The van der Waals surface area contributed by atoms with Gasteiger partial charge in [-0.1, -0.05) is 0 Å². The number of carbonyl (C=O) groups excluding carboxylic acids is 1. The minimum absolute atomic E-state index is 0.269. The summed E-state index contributed by atoms with van der Waals surface area (Å²) < 4.78 is 38.9. The zero-order valence-electron chi connectivity index (χ0n) is 7.21. The molecular weight excluding hydrogens is 215 g/mol. The molecule has 0 aliphatic heterocycles. The molecule has 0 aromatic heterocycles. The highest BCUT2D eigenvalue weighted by atomic mass is 19.4. The number of nitrogens with two attached hydrogens (primary N) is 1. The predicted octanol–water partition coefficient (Wildman–Crippen LogP) is 1.39. The van der Waals surface area contributed by atoms with E-state index in [0.29, 0.717) is 0 Å². The third-order valence-corrected chi connectivity index (χ3v) is 1.41. The van der Waals surface area contributed by atoms with Gasteiger partial charge in [-0.25, -0.2) is 0 Å². The van der Waals surface area contributed by atoms with Crippen LogP contribution in [0.2, 0.25) is 0 Å². The molecule has 0 heterocycles. The lowest BCUT2D eigenvalue weighted by Gasteiger charge is -2.09. The fourth-order valence-corrected chi connectivity index (χ4v) is 0.918. The first kappa shape index (κ1) is 11.2. The second-order valence-corrected chi connectivity index (χ2v) is 2.63. The maximum Gasteiger partial charge on any atom is 0.573 e. The lowest BCUT2D eigenvalue weighted by atomic mass is 10.2. The number of alkyl halides is 3. The molecule has 0 aliphatic carbocycles. The molecule has 0 saturated carbocycles. The number of amides is 1. The van der Waals surface area contributed by atoms with Gasteiger partial charge in [-0.15, -0.1) is 13.2 Å². The Labute approximate surface area is 82.1 Å². The largest absolute Gasteiger partial charge is 0.573 e. The molecule has 82 valence electrons. The first-order chi connectivity index (χ1) is 6.78. The Hall–Kier alpha value is -1.92. The van der Waals surface area contributed by atoms with E-state index in [1.165, 1.54) is 0 Å². The maximum absolute atomic E-state index is 11.8. The molecule has 0 atom stereocenters. The normalized spacial score (nSPS) is 11.1. The molecule has 15 heavy (non-hydrogen) atoms. The third kappa shape index (κ3) is 3.37. The fourth-order valence-electron chi connectivity index (χ4n) is 0.918. The maximum atomic E-state index is 11.8. The van der Waals surface area contributed by atoms with Crippen LogP contribution in [0.4, 0.5) is 13.2 Å². The van der Waals surface area contributed by atoms with Crippen LogP contribution in [0, 0.1) is 0 Å². The second kappa shape index (κ2) is 3.68. The number of carbonyl (C=O) groups is 1. The quantitative estimate of drug-likeness (QED) is 0.792. The van der Waals surface area contributed by atoms with Gasteiger partial charge in [0.05, 0.1) is 0 Å². The topological polar surface area (TPSA) is 72.6 Å². The molecule has 7 heteroatoms. The lowest BCUT2D eigenvalue weighted by molar-refractivity contribution is -0.274. The number of benzene rings is 1. The Morgan fingerprint density at radius 2 is 1.93 bits per heavy atom. The average molecular weight is 221 g/mol. The summed E-state index contributed by atoms with van der Waals surface area (Å²) in [4.78, 5) is 10.6. The third-order valence-electron chi connectivity index (χ3n) is 1.41. The summed E-state index contributed by atoms with van der Waals surface area (Å²) in [7, 11) is 0. The summed E-state index contributed by atoms with van der Waals surface area (Å²) in [5.74, 6) is -2.19. The van der Waals surface area contributed by atoms with E-state index in [1.54, 1.807) is 0 Å². The molecular formula is C8H6F3NO3. The summed E-state index contributed by atoms with van der Waals surface area (Å²) in [5.41, 5.74) is 4.56. The van der Waals surface area contributed by atoms with Gasteiger partial charge < -0.3 is 15.6 Å². The molecule has 0 fully saturated rings. The van der Waals surface area contributed by atoms with Crippen LogP contribution >= 0.6 is 0 Å². The van der Waals surface area contributed by atoms with E-state index in [1.807, 2.05) is 0 Å². The average Bonchev–Trinajstić information content (AvgIpc) is 1.99. The molecule has 1 amide bonds. The molecule has 0 saturated heterocycles. The van der Waals surface area contributed by atoms with Crippen molar-refractivity contribution in [3.63, 3.8) is 0 Å². The van der Waals surface area contributed by atoms with Crippen LogP contribution in [0.1, 0.15) is 10.4 Å². The van der Waals surface area contributed by atoms with Gasteiger partial charge in [0.1, 0.15) is 11.5 Å². The highest BCUT2D eigenvalue weighted by Gasteiger charge is 2.31. The lowest BCUT2D eigenvalue weighted by Crippen LogP contribution is -2.18. The van der Waals surface area contributed by atoms with Crippen molar-refractivity contribution in [1.82, 2.24) is 0 Å². The monoisotopic (exact) mass is 221 g/mol. The van der Waals surface area contributed by atoms with Crippen LogP contribution < -0.4 is 10.5 Å². The van der Waals surface area contributed by atoms with E-state index in [4.69, 9.17) is 10.8 Å². The summed E-state index contributed by atoms with van der Waals surface area (Å²) in [6.45, 7) is 0. The number of primary amides is 1. The van der Waals surface area contributed by atoms with Gasteiger partial charge in [-0.3, -0.25) is 4.79 Å². The number of aromatic hydroxyl groups is 1. The SMILES string of the molecule is NC(=O)c1cc(O)cc(OC(F)(F)F)c1. The van der Waals surface area contributed by atoms with Gasteiger partial charge in [0.25, 0.3) is 0 Å². The van der Waals surface area contributed by atoms with E-state index in [2.05, 4.69) is 4.74 Å². The Morgan fingerprint density at radius 1 is 1.33 bits per heavy atom. The van der Waals surface area contributed by atoms with E-state index in [0.717, 1.165) is 18.2 Å². The number of ether oxygens (including phenoxy) is 1.